The molecule has 158 valence electrons. The number of amides is 1. The topological polar surface area (TPSA) is 66.5 Å². The number of likely N-dealkylation sites (tertiary alicyclic amines) is 1. The van der Waals surface area contributed by atoms with Crippen LogP contribution in [0.2, 0.25) is 0 Å². The van der Waals surface area contributed by atoms with Gasteiger partial charge in [0.15, 0.2) is 0 Å². The minimum absolute atomic E-state index is 0.0704. The quantitative estimate of drug-likeness (QED) is 0.769. The maximum Gasteiger partial charge on any atom is 0.225 e. The lowest BCUT2D eigenvalue weighted by Gasteiger charge is -2.30. The number of nitrogens with one attached hydrogen (secondary N) is 1. The second-order valence-corrected chi connectivity index (χ2v) is 12.0. The molecular weight excluding hydrogens is 391 g/mol. The van der Waals surface area contributed by atoms with Crippen molar-refractivity contribution in [3.05, 3.63) is 35.4 Å². The van der Waals surface area contributed by atoms with Gasteiger partial charge in [0.25, 0.3) is 0 Å². The zero-order chi connectivity index (χ0) is 20.8. The summed E-state index contributed by atoms with van der Waals surface area (Å²) in [5.74, 6) is -0.0680. The maximum atomic E-state index is 14.2. The number of nitrogens with zero attached hydrogens (tertiary/aromatic N) is 1. The van der Waals surface area contributed by atoms with Crippen molar-refractivity contribution in [2.24, 2.45) is 11.3 Å². The van der Waals surface area contributed by atoms with E-state index in [-0.39, 0.29) is 34.7 Å². The summed E-state index contributed by atoms with van der Waals surface area (Å²) in [6, 6.07) is 7.55. The number of hydrogen-bond donors (Lipinski definition) is 1. The molecule has 1 N–H and O–H groups in total. The van der Waals surface area contributed by atoms with Gasteiger partial charge in [-0.2, -0.15) is 0 Å². The van der Waals surface area contributed by atoms with Gasteiger partial charge in [-0.25, -0.2) is 17.5 Å². The lowest BCUT2D eigenvalue weighted by atomic mass is 9.91. The summed E-state index contributed by atoms with van der Waals surface area (Å²) in [5, 5.41) is 0. The van der Waals surface area contributed by atoms with Crippen LogP contribution in [0.15, 0.2) is 24.3 Å². The van der Waals surface area contributed by atoms with Gasteiger partial charge < -0.3 is 4.90 Å². The minimum atomic E-state index is -3.39. The molecule has 1 heterocycles. The third-order valence-electron chi connectivity index (χ3n) is 7.64. The Bertz CT molecular complexity index is 980. The van der Waals surface area contributed by atoms with Crippen LogP contribution in [0.1, 0.15) is 50.7 Å². The zero-order valence-corrected chi connectivity index (χ0v) is 18.1. The van der Waals surface area contributed by atoms with E-state index >= 15 is 0 Å². The Labute approximate surface area is 172 Å². The Morgan fingerprint density at radius 2 is 1.97 bits per heavy atom. The Hall–Kier alpha value is -1.47. The molecule has 5 rings (SSSR count). The first-order valence-corrected chi connectivity index (χ1v) is 12.4. The molecule has 4 fully saturated rings. The van der Waals surface area contributed by atoms with Crippen molar-refractivity contribution in [2.75, 3.05) is 12.8 Å². The van der Waals surface area contributed by atoms with E-state index in [1.54, 1.807) is 0 Å². The monoisotopic (exact) mass is 420 g/mol. The average molecular weight is 421 g/mol. The fourth-order valence-corrected chi connectivity index (χ4v) is 6.39. The molecule has 4 aliphatic rings. The van der Waals surface area contributed by atoms with Crippen LogP contribution in [0, 0.1) is 11.3 Å². The number of rotatable bonds is 6. The van der Waals surface area contributed by atoms with Gasteiger partial charge in [-0.15, -0.1) is 0 Å². The summed E-state index contributed by atoms with van der Waals surface area (Å²) in [5.41, 5.74) is 0.689. The standard InChI is InChI=1S/C22H29FN2O3S/c1-14(2)19(26)25-13-20(7-8-20)18(24-29(3,27)28)17(25)10-15-5-4-6-16(9-15)21-11-22(21,23)12-21/h4-6,9,14,17-18,24H,7-8,10-13H2,1-3H3. The molecule has 3 aliphatic carbocycles. The first-order chi connectivity index (χ1) is 13.5. The van der Waals surface area contributed by atoms with Crippen molar-refractivity contribution in [1.82, 2.24) is 9.62 Å². The average Bonchev–Trinajstić information content (AvgIpc) is 3.53. The van der Waals surface area contributed by atoms with Crippen LogP contribution in [0.5, 0.6) is 0 Å². The Kier molecular flexibility index (Phi) is 3.91. The third-order valence-corrected chi connectivity index (χ3v) is 8.32. The summed E-state index contributed by atoms with van der Waals surface area (Å²) < 4.78 is 41.3. The van der Waals surface area contributed by atoms with Crippen LogP contribution < -0.4 is 4.72 Å². The highest BCUT2D eigenvalue weighted by Crippen LogP contribution is 2.81. The van der Waals surface area contributed by atoms with E-state index in [4.69, 9.17) is 0 Å². The van der Waals surface area contributed by atoms with E-state index in [9.17, 15) is 17.6 Å². The van der Waals surface area contributed by atoms with Gasteiger partial charge in [0.05, 0.1) is 12.3 Å². The molecule has 1 aromatic carbocycles. The van der Waals surface area contributed by atoms with Gasteiger partial charge in [-0.05, 0) is 43.2 Å². The van der Waals surface area contributed by atoms with Crippen molar-refractivity contribution in [3.63, 3.8) is 0 Å². The predicted molar refractivity (Wildman–Crippen MR) is 109 cm³/mol. The maximum absolute atomic E-state index is 14.2. The van der Waals surface area contributed by atoms with Crippen molar-refractivity contribution in [1.29, 1.82) is 0 Å². The van der Waals surface area contributed by atoms with Crippen LogP contribution >= 0.6 is 0 Å². The molecule has 2 atom stereocenters. The van der Waals surface area contributed by atoms with E-state index in [1.807, 2.05) is 36.9 Å². The SMILES string of the molecule is CC(C)C(=O)N1CC2(CC2)C(NS(C)(=O)=O)C1Cc1cccc(C23CC2(F)C3)c1. The van der Waals surface area contributed by atoms with Gasteiger partial charge in [0.2, 0.25) is 15.9 Å². The smallest absolute Gasteiger partial charge is 0.225 e. The van der Waals surface area contributed by atoms with E-state index in [0.717, 1.165) is 24.0 Å². The molecule has 0 radical (unpaired) electrons. The predicted octanol–water partition coefficient (Wildman–Crippen LogP) is 2.55. The number of halogens is 1. The number of carbonyl (C=O) groups excluding carboxylic acids is 1. The number of hydrogen-bond acceptors (Lipinski definition) is 3. The molecule has 0 aromatic heterocycles. The lowest BCUT2D eigenvalue weighted by Crippen LogP contribution is -2.50. The van der Waals surface area contributed by atoms with Crippen molar-refractivity contribution in [3.8, 4) is 0 Å². The summed E-state index contributed by atoms with van der Waals surface area (Å²) in [6.45, 7) is 4.38. The number of fused-ring (bicyclic) bond motifs is 1. The second-order valence-electron chi connectivity index (χ2n) is 10.2. The van der Waals surface area contributed by atoms with E-state index in [2.05, 4.69) is 10.8 Å². The van der Waals surface area contributed by atoms with Crippen LogP contribution in [-0.4, -0.2) is 49.8 Å². The molecular formula is C22H29FN2O3S. The van der Waals surface area contributed by atoms with E-state index < -0.39 is 15.7 Å². The Morgan fingerprint density at radius 1 is 1.31 bits per heavy atom. The Balaban J connectivity index is 1.46. The van der Waals surface area contributed by atoms with E-state index in [0.29, 0.717) is 25.8 Å². The van der Waals surface area contributed by atoms with Crippen LogP contribution in [-0.2, 0) is 26.7 Å². The number of alkyl halides is 1. The normalized spacial score (nSPS) is 36.4. The van der Waals surface area contributed by atoms with Gasteiger partial charge in [-0.3, -0.25) is 4.79 Å². The summed E-state index contributed by atoms with van der Waals surface area (Å²) in [6.07, 6.45) is 4.88. The van der Waals surface area contributed by atoms with Gasteiger partial charge in [0.1, 0.15) is 5.67 Å². The molecule has 3 saturated carbocycles. The lowest BCUT2D eigenvalue weighted by molar-refractivity contribution is -0.135. The fraction of sp³-hybridized carbons (Fsp3) is 0.682. The number of carbonyl (C=O) groups is 1. The number of benzene rings is 1. The highest BCUT2D eigenvalue weighted by molar-refractivity contribution is 7.88. The molecule has 7 heteroatoms. The molecule has 2 unspecified atom stereocenters. The first-order valence-electron chi connectivity index (χ1n) is 10.5. The molecule has 1 aromatic rings. The fourth-order valence-electron chi connectivity index (χ4n) is 5.52. The second kappa shape index (κ2) is 5.82. The van der Waals surface area contributed by atoms with Gasteiger partial charge >= 0.3 is 0 Å². The third kappa shape index (κ3) is 3.03. The van der Waals surface area contributed by atoms with Gasteiger partial charge in [0, 0.05) is 29.3 Å². The molecule has 5 nitrogen and oxygen atoms in total. The summed E-state index contributed by atoms with van der Waals surface area (Å²) in [7, 11) is -3.39. The van der Waals surface area contributed by atoms with Crippen molar-refractivity contribution in [2.45, 2.75) is 69.1 Å². The molecule has 1 aliphatic heterocycles. The van der Waals surface area contributed by atoms with Crippen molar-refractivity contribution >= 4 is 15.9 Å². The molecule has 1 saturated heterocycles. The Morgan fingerprint density at radius 3 is 2.48 bits per heavy atom. The first kappa shape index (κ1) is 19.5. The van der Waals surface area contributed by atoms with Crippen LogP contribution in [0.25, 0.3) is 0 Å². The summed E-state index contributed by atoms with van der Waals surface area (Å²) in [4.78, 5) is 14.9. The molecule has 1 spiro atoms. The number of sulfonamides is 1. The summed E-state index contributed by atoms with van der Waals surface area (Å²) >= 11 is 0. The largest absolute Gasteiger partial charge is 0.337 e. The molecule has 0 bridgehead atoms. The molecule has 29 heavy (non-hydrogen) atoms. The minimum Gasteiger partial charge on any atom is -0.337 e. The van der Waals surface area contributed by atoms with Crippen LogP contribution in [0.4, 0.5) is 4.39 Å². The highest BCUT2D eigenvalue weighted by Gasteiger charge is 2.85. The zero-order valence-electron chi connectivity index (χ0n) is 17.2. The van der Waals surface area contributed by atoms with Crippen molar-refractivity contribution < 1.29 is 17.6 Å². The highest BCUT2D eigenvalue weighted by atomic mass is 32.2. The van der Waals surface area contributed by atoms with Crippen LogP contribution in [0.3, 0.4) is 0 Å². The van der Waals surface area contributed by atoms with Gasteiger partial charge in [-0.1, -0.05) is 38.1 Å². The molecule has 1 amide bonds. The van der Waals surface area contributed by atoms with E-state index in [1.165, 1.54) is 6.26 Å².